The molecule has 0 aliphatic carbocycles. The number of aromatic amines is 1. The average molecular weight is 400 g/mol. The number of amides is 2. The molecule has 4 rings (SSSR count). The molecule has 0 saturated carbocycles. The highest BCUT2D eigenvalue weighted by Crippen LogP contribution is 2.36. The fraction of sp³-hybridized carbons (Fsp3) is 0.316. The second-order valence-electron chi connectivity index (χ2n) is 6.45. The summed E-state index contributed by atoms with van der Waals surface area (Å²) < 4.78 is 11.4. The molecule has 3 aromatic rings. The predicted molar refractivity (Wildman–Crippen MR) is 107 cm³/mol. The van der Waals surface area contributed by atoms with Crippen molar-refractivity contribution in [3.8, 4) is 11.5 Å². The molecule has 8 nitrogen and oxygen atoms in total. The minimum absolute atomic E-state index is 0.0734. The molecule has 1 fully saturated rings. The Morgan fingerprint density at radius 1 is 1.14 bits per heavy atom. The maximum absolute atomic E-state index is 12.6. The predicted octanol–water partition coefficient (Wildman–Crippen LogP) is 3.13. The van der Waals surface area contributed by atoms with Gasteiger partial charge in [-0.3, -0.25) is 14.9 Å². The van der Waals surface area contributed by atoms with Gasteiger partial charge in [0.15, 0.2) is 16.6 Å². The Hall–Kier alpha value is -3.07. The van der Waals surface area contributed by atoms with Crippen LogP contribution in [-0.2, 0) is 0 Å². The van der Waals surface area contributed by atoms with Gasteiger partial charge in [-0.2, -0.15) is 0 Å². The van der Waals surface area contributed by atoms with Gasteiger partial charge in [0.25, 0.3) is 11.8 Å². The number of ether oxygens (including phenoxy) is 2. The topological polar surface area (TPSA) is 96.5 Å². The highest BCUT2D eigenvalue weighted by atomic mass is 32.1. The van der Waals surface area contributed by atoms with Crippen LogP contribution in [0.5, 0.6) is 11.5 Å². The molecule has 28 heavy (non-hydrogen) atoms. The van der Waals surface area contributed by atoms with Crippen LogP contribution in [0.3, 0.4) is 0 Å². The third-order valence-corrected chi connectivity index (χ3v) is 5.62. The number of carbonyl (C=O) groups is 2. The normalized spacial score (nSPS) is 13.7. The largest absolute Gasteiger partial charge is 0.493 e. The zero-order chi connectivity index (χ0) is 19.7. The van der Waals surface area contributed by atoms with Crippen LogP contribution in [0.2, 0.25) is 0 Å². The first-order valence-electron chi connectivity index (χ1n) is 8.90. The van der Waals surface area contributed by atoms with Gasteiger partial charge in [0.2, 0.25) is 0 Å². The number of hydrogen-bond acceptors (Lipinski definition) is 6. The van der Waals surface area contributed by atoms with E-state index in [0.717, 1.165) is 30.6 Å². The van der Waals surface area contributed by atoms with E-state index < -0.39 is 0 Å². The maximum Gasteiger partial charge on any atom is 0.270 e. The van der Waals surface area contributed by atoms with Gasteiger partial charge in [-0.1, -0.05) is 11.3 Å². The van der Waals surface area contributed by atoms with E-state index in [0.29, 0.717) is 33.4 Å². The van der Waals surface area contributed by atoms with Gasteiger partial charge in [0, 0.05) is 31.4 Å². The first kappa shape index (κ1) is 18.3. The van der Waals surface area contributed by atoms with E-state index in [1.54, 1.807) is 31.3 Å². The lowest BCUT2D eigenvalue weighted by Crippen LogP contribution is -2.27. The van der Waals surface area contributed by atoms with Gasteiger partial charge < -0.3 is 19.4 Å². The molecule has 2 aromatic heterocycles. The van der Waals surface area contributed by atoms with Crippen LogP contribution in [0.4, 0.5) is 5.13 Å². The van der Waals surface area contributed by atoms with Gasteiger partial charge in [-0.15, -0.1) is 0 Å². The monoisotopic (exact) mass is 400 g/mol. The van der Waals surface area contributed by atoms with E-state index in [1.165, 1.54) is 17.5 Å². The summed E-state index contributed by atoms with van der Waals surface area (Å²) in [7, 11) is 3.13. The molecule has 2 N–H and O–H groups in total. The summed E-state index contributed by atoms with van der Waals surface area (Å²) in [5, 5.41) is 3.25. The van der Waals surface area contributed by atoms with Crippen LogP contribution in [0.1, 0.15) is 33.7 Å². The number of fused-ring (bicyclic) bond motifs is 1. The van der Waals surface area contributed by atoms with Crippen LogP contribution in [0, 0.1) is 0 Å². The molecule has 146 valence electrons. The number of thiazole rings is 1. The number of hydrogen-bond donors (Lipinski definition) is 2. The Bertz CT molecular complexity index is 995. The summed E-state index contributed by atoms with van der Waals surface area (Å²) in [6.45, 7) is 1.52. The second kappa shape index (κ2) is 7.51. The van der Waals surface area contributed by atoms with E-state index in [-0.39, 0.29) is 11.8 Å². The van der Waals surface area contributed by atoms with Crippen molar-refractivity contribution in [1.82, 2.24) is 14.9 Å². The molecule has 0 spiro atoms. The molecule has 1 aliphatic rings. The van der Waals surface area contributed by atoms with E-state index in [2.05, 4.69) is 15.3 Å². The van der Waals surface area contributed by atoms with Gasteiger partial charge in [-0.25, -0.2) is 4.98 Å². The lowest BCUT2D eigenvalue weighted by Gasteiger charge is -2.13. The molecule has 3 heterocycles. The van der Waals surface area contributed by atoms with Crippen molar-refractivity contribution in [2.24, 2.45) is 0 Å². The number of carbonyl (C=O) groups excluding carboxylic acids is 2. The minimum atomic E-state index is -0.324. The van der Waals surface area contributed by atoms with Crippen LogP contribution in [0.15, 0.2) is 24.4 Å². The highest BCUT2D eigenvalue weighted by Gasteiger charge is 2.22. The summed E-state index contributed by atoms with van der Waals surface area (Å²) in [4.78, 5) is 34.1. The smallest absolute Gasteiger partial charge is 0.270 e. The molecule has 1 saturated heterocycles. The molecular formula is C19H20N4O4S. The molecule has 9 heteroatoms. The molecule has 0 bridgehead atoms. The van der Waals surface area contributed by atoms with Crippen molar-refractivity contribution < 1.29 is 19.1 Å². The Morgan fingerprint density at radius 3 is 2.57 bits per heavy atom. The quantitative estimate of drug-likeness (QED) is 0.686. The average Bonchev–Trinajstić information content (AvgIpc) is 3.46. The molecule has 0 atom stereocenters. The fourth-order valence-electron chi connectivity index (χ4n) is 3.22. The van der Waals surface area contributed by atoms with Crippen molar-refractivity contribution in [2.75, 3.05) is 32.6 Å². The van der Waals surface area contributed by atoms with Crippen molar-refractivity contribution in [2.45, 2.75) is 12.8 Å². The van der Waals surface area contributed by atoms with E-state index in [1.807, 2.05) is 6.07 Å². The summed E-state index contributed by atoms with van der Waals surface area (Å²) >= 11 is 1.34. The number of rotatable bonds is 5. The first-order valence-corrected chi connectivity index (χ1v) is 9.72. The summed E-state index contributed by atoms with van der Waals surface area (Å²) in [5.74, 6) is 0.784. The first-order chi connectivity index (χ1) is 13.6. The van der Waals surface area contributed by atoms with Gasteiger partial charge >= 0.3 is 0 Å². The van der Waals surface area contributed by atoms with Crippen molar-refractivity contribution in [1.29, 1.82) is 0 Å². The van der Waals surface area contributed by atoms with Crippen LogP contribution >= 0.6 is 11.3 Å². The molecular weight excluding hydrogens is 380 g/mol. The molecule has 1 aromatic carbocycles. The summed E-state index contributed by atoms with van der Waals surface area (Å²) in [6, 6.07) is 5.17. The highest BCUT2D eigenvalue weighted by molar-refractivity contribution is 7.22. The Kier molecular flexibility index (Phi) is 4.91. The van der Waals surface area contributed by atoms with Gasteiger partial charge in [0.1, 0.15) is 5.69 Å². The van der Waals surface area contributed by atoms with E-state index >= 15 is 0 Å². The number of nitrogens with zero attached hydrogens (tertiary/aromatic N) is 2. The number of likely N-dealkylation sites (tertiary alicyclic amines) is 1. The standard InChI is InChI=1S/C19H20N4O4S/c1-26-14-8-12-16(9-15(14)27-2)28-19(21-12)22-17(24)11-7-13(20-10-11)18(25)23-5-3-4-6-23/h7-10,20H,3-6H2,1-2H3,(H,21,22,24). The third kappa shape index (κ3) is 3.40. The van der Waals surface area contributed by atoms with Crippen molar-refractivity contribution in [3.05, 3.63) is 35.7 Å². The number of H-pyrrole nitrogens is 1. The SMILES string of the molecule is COc1cc2nc(NC(=O)c3c[nH]c(C(=O)N4CCCC4)c3)sc2cc1OC. The number of benzene rings is 1. The van der Waals surface area contributed by atoms with Gasteiger partial charge in [-0.05, 0) is 18.9 Å². The van der Waals surface area contributed by atoms with E-state index in [9.17, 15) is 9.59 Å². The summed E-state index contributed by atoms with van der Waals surface area (Å²) in [5.41, 5.74) is 1.51. The van der Waals surface area contributed by atoms with Crippen LogP contribution in [0.25, 0.3) is 10.2 Å². The zero-order valence-electron chi connectivity index (χ0n) is 15.6. The number of anilines is 1. The van der Waals surface area contributed by atoms with Crippen molar-refractivity contribution in [3.63, 3.8) is 0 Å². The Balaban J connectivity index is 1.51. The number of aromatic nitrogens is 2. The molecule has 1 aliphatic heterocycles. The Morgan fingerprint density at radius 2 is 1.86 bits per heavy atom. The summed E-state index contributed by atoms with van der Waals surface area (Å²) in [6.07, 6.45) is 3.58. The lowest BCUT2D eigenvalue weighted by atomic mass is 10.3. The van der Waals surface area contributed by atoms with E-state index in [4.69, 9.17) is 9.47 Å². The van der Waals surface area contributed by atoms with Crippen LogP contribution in [-0.4, -0.2) is 54.0 Å². The molecule has 0 radical (unpaired) electrons. The lowest BCUT2D eigenvalue weighted by molar-refractivity contribution is 0.0787. The fourth-order valence-corrected chi connectivity index (χ4v) is 4.09. The second-order valence-corrected chi connectivity index (χ2v) is 7.48. The van der Waals surface area contributed by atoms with Crippen molar-refractivity contribution >= 4 is 38.5 Å². The Labute approximate surface area is 165 Å². The third-order valence-electron chi connectivity index (χ3n) is 4.68. The van der Waals surface area contributed by atoms with Crippen LogP contribution < -0.4 is 14.8 Å². The molecule has 2 amide bonds. The number of methoxy groups -OCH3 is 2. The van der Waals surface area contributed by atoms with Gasteiger partial charge in [0.05, 0.1) is 30.0 Å². The zero-order valence-corrected chi connectivity index (χ0v) is 16.4. The molecule has 0 unspecified atom stereocenters. The minimum Gasteiger partial charge on any atom is -0.493 e. The maximum atomic E-state index is 12.6. The number of nitrogens with one attached hydrogen (secondary N) is 2.